The fraction of sp³-hybridized carbons (Fsp3) is 0.125. The highest BCUT2D eigenvalue weighted by molar-refractivity contribution is 6.29. The van der Waals surface area contributed by atoms with Crippen LogP contribution in [0.4, 0.5) is 0 Å². The molecule has 0 atom stereocenters. The zero-order chi connectivity index (χ0) is 15.7. The Kier molecular flexibility index (Phi) is 3.73. The lowest BCUT2D eigenvalue weighted by Gasteiger charge is -2.11. The van der Waals surface area contributed by atoms with E-state index in [1.807, 2.05) is 24.3 Å². The molecule has 5 nitrogen and oxygen atoms in total. The molecule has 2 aromatic rings. The minimum absolute atomic E-state index is 0.144. The van der Waals surface area contributed by atoms with Crippen LogP contribution in [0.1, 0.15) is 17.0 Å². The van der Waals surface area contributed by atoms with Gasteiger partial charge in [-0.15, -0.1) is 0 Å². The second kappa shape index (κ2) is 5.69. The normalized spacial score (nSPS) is 15.9. The van der Waals surface area contributed by atoms with Crippen LogP contribution in [0.3, 0.4) is 0 Å². The van der Waals surface area contributed by atoms with Gasteiger partial charge in [0.1, 0.15) is 11.4 Å². The van der Waals surface area contributed by atoms with Gasteiger partial charge >= 0.3 is 0 Å². The van der Waals surface area contributed by atoms with Gasteiger partial charge in [0.05, 0.1) is 18.4 Å². The van der Waals surface area contributed by atoms with Crippen LogP contribution in [-0.4, -0.2) is 34.9 Å². The molecule has 0 saturated carbocycles. The van der Waals surface area contributed by atoms with E-state index in [1.54, 1.807) is 32.5 Å². The van der Waals surface area contributed by atoms with Crippen LogP contribution in [0.25, 0.3) is 17.7 Å². The summed E-state index contributed by atoms with van der Waals surface area (Å²) in [6, 6.07) is 7.44. The van der Waals surface area contributed by atoms with Gasteiger partial charge in [-0.05, 0) is 41.4 Å². The zero-order valence-corrected chi connectivity index (χ0v) is 12.9. The summed E-state index contributed by atoms with van der Waals surface area (Å²) in [7, 11) is 3.31. The SMILES string of the molecule is COc1ccc(/C=C2/C(=O)N(C)C=Cc3[nH]c(Cl)nc32)cc1. The van der Waals surface area contributed by atoms with Crippen LogP contribution in [0.5, 0.6) is 5.75 Å². The van der Waals surface area contributed by atoms with Crippen molar-refractivity contribution in [2.45, 2.75) is 0 Å². The highest BCUT2D eigenvalue weighted by atomic mass is 35.5. The number of benzene rings is 1. The molecule has 0 radical (unpaired) electrons. The van der Waals surface area contributed by atoms with Crippen molar-refractivity contribution < 1.29 is 9.53 Å². The van der Waals surface area contributed by atoms with Crippen molar-refractivity contribution in [2.75, 3.05) is 14.2 Å². The van der Waals surface area contributed by atoms with Crippen molar-refractivity contribution >= 4 is 35.2 Å². The van der Waals surface area contributed by atoms with E-state index in [2.05, 4.69) is 9.97 Å². The molecule has 1 aromatic heterocycles. The molecule has 1 aliphatic rings. The summed E-state index contributed by atoms with van der Waals surface area (Å²) in [5.74, 6) is 0.616. The number of H-pyrrole nitrogens is 1. The van der Waals surface area contributed by atoms with Gasteiger partial charge in [0.2, 0.25) is 5.28 Å². The zero-order valence-electron chi connectivity index (χ0n) is 12.1. The Morgan fingerprint density at radius 2 is 2.05 bits per heavy atom. The molecule has 22 heavy (non-hydrogen) atoms. The van der Waals surface area contributed by atoms with Gasteiger partial charge in [0, 0.05) is 13.2 Å². The largest absolute Gasteiger partial charge is 0.497 e. The summed E-state index contributed by atoms with van der Waals surface area (Å²) >= 11 is 5.93. The molecule has 2 heterocycles. The molecule has 1 aliphatic heterocycles. The Morgan fingerprint density at radius 3 is 2.73 bits per heavy atom. The van der Waals surface area contributed by atoms with Gasteiger partial charge in [-0.2, -0.15) is 0 Å². The van der Waals surface area contributed by atoms with E-state index in [0.29, 0.717) is 17.0 Å². The van der Waals surface area contributed by atoms with Gasteiger partial charge < -0.3 is 14.6 Å². The number of carbonyl (C=O) groups is 1. The second-order valence-corrected chi connectivity index (χ2v) is 5.21. The number of rotatable bonds is 2. The van der Waals surface area contributed by atoms with Crippen LogP contribution < -0.4 is 4.74 Å². The van der Waals surface area contributed by atoms with Crippen molar-refractivity contribution in [3.8, 4) is 5.75 Å². The number of carbonyl (C=O) groups excluding carboxylic acids is 1. The maximum atomic E-state index is 12.5. The van der Waals surface area contributed by atoms with Gasteiger partial charge in [-0.1, -0.05) is 12.1 Å². The maximum absolute atomic E-state index is 12.5. The van der Waals surface area contributed by atoms with Gasteiger partial charge in [-0.3, -0.25) is 4.79 Å². The monoisotopic (exact) mass is 315 g/mol. The average Bonchev–Trinajstić information content (AvgIpc) is 2.86. The van der Waals surface area contributed by atoms with Crippen LogP contribution in [0, 0.1) is 0 Å². The van der Waals surface area contributed by atoms with Crippen LogP contribution in [-0.2, 0) is 4.79 Å². The maximum Gasteiger partial charge on any atom is 0.259 e. The number of nitrogens with zero attached hydrogens (tertiary/aromatic N) is 2. The third-order valence-corrected chi connectivity index (χ3v) is 3.58. The van der Waals surface area contributed by atoms with E-state index in [1.165, 1.54) is 4.90 Å². The Bertz CT molecular complexity index is 775. The Labute approximate surface area is 132 Å². The molecule has 1 aromatic carbocycles. The topological polar surface area (TPSA) is 58.2 Å². The van der Waals surface area contributed by atoms with E-state index in [0.717, 1.165) is 11.3 Å². The summed E-state index contributed by atoms with van der Waals surface area (Å²) in [6.07, 6.45) is 5.26. The molecule has 1 amide bonds. The van der Waals surface area contributed by atoms with Crippen molar-refractivity contribution in [3.63, 3.8) is 0 Å². The third-order valence-electron chi connectivity index (χ3n) is 3.40. The first-order chi connectivity index (χ1) is 10.6. The number of imidazole rings is 1. The quantitative estimate of drug-likeness (QED) is 0.867. The molecule has 0 spiro atoms. The summed E-state index contributed by atoms with van der Waals surface area (Å²) in [5.41, 5.74) is 2.62. The number of halogens is 1. The smallest absolute Gasteiger partial charge is 0.259 e. The van der Waals surface area contributed by atoms with E-state index >= 15 is 0 Å². The molecular weight excluding hydrogens is 302 g/mol. The first kappa shape index (κ1) is 14.4. The number of aromatic amines is 1. The number of nitrogens with one attached hydrogen (secondary N) is 1. The van der Waals surface area contributed by atoms with Gasteiger partial charge in [0.25, 0.3) is 5.91 Å². The average molecular weight is 316 g/mol. The summed E-state index contributed by atoms with van der Waals surface area (Å²) < 4.78 is 5.14. The van der Waals surface area contributed by atoms with Crippen LogP contribution in [0.15, 0.2) is 30.5 Å². The highest BCUT2D eigenvalue weighted by Crippen LogP contribution is 2.27. The van der Waals surface area contributed by atoms with E-state index in [-0.39, 0.29) is 11.2 Å². The van der Waals surface area contributed by atoms with Crippen LogP contribution in [0.2, 0.25) is 5.28 Å². The van der Waals surface area contributed by atoms with Crippen molar-refractivity contribution in [2.24, 2.45) is 0 Å². The fourth-order valence-electron chi connectivity index (χ4n) is 2.22. The van der Waals surface area contributed by atoms with Crippen molar-refractivity contribution in [1.82, 2.24) is 14.9 Å². The van der Waals surface area contributed by atoms with Crippen molar-refractivity contribution in [3.05, 3.63) is 52.7 Å². The Hall–Kier alpha value is -2.53. The minimum Gasteiger partial charge on any atom is -0.497 e. The fourth-order valence-corrected chi connectivity index (χ4v) is 2.41. The molecular formula is C16H14ClN3O2. The molecule has 6 heteroatoms. The molecule has 0 fully saturated rings. The lowest BCUT2D eigenvalue weighted by Crippen LogP contribution is -2.21. The van der Waals surface area contributed by atoms with Crippen molar-refractivity contribution in [1.29, 1.82) is 0 Å². The summed E-state index contributed by atoms with van der Waals surface area (Å²) in [5, 5.41) is 0.257. The number of hydrogen-bond acceptors (Lipinski definition) is 3. The van der Waals surface area contributed by atoms with Crippen LogP contribution >= 0.6 is 11.6 Å². The number of ether oxygens (including phenoxy) is 1. The number of fused-ring (bicyclic) bond motifs is 1. The van der Waals surface area contributed by atoms with E-state index in [9.17, 15) is 4.79 Å². The molecule has 0 bridgehead atoms. The third kappa shape index (κ3) is 2.63. The minimum atomic E-state index is -0.144. The summed E-state index contributed by atoms with van der Waals surface area (Å²) in [6.45, 7) is 0. The number of amides is 1. The van der Waals surface area contributed by atoms with E-state index < -0.39 is 0 Å². The molecule has 0 aliphatic carbocycles. The summed E-state index contributed by atoms with van der Waals surface area (Å²) in [4.78, 5) is 21.2. The molecule has 3 rings (SSSR count). The van der Waals surface area contributed by atoms with Gasteiger partial charge in [0.15, 0.2) is 0 Å². The lowest BCUT2D eigenvalue weighted by atomic mass is 10.1. The van der Waals surface area contributed by atoms with E-state index in [4.69, 9.17) is 16.3 Å². The van der Waals surface area contributed by atoms with Gasteiger partial charge in [-0.25, -0.2) is 4.98 Å². The predicted octanol–water partition coefficient (Wildman–Crippen LogP) is 3.06. The Balaban J connectivity index is 2.09. The predicted molar refractivity (Wildman–Crippen MR) is 86.3 cm³/mol. The number of methoxy groups -OCH3 is 1. The lowest BCUT2D eigenvalue weighted by molar-refractivity contribution is -0.121. The first-order valence-corrected chi connectivity index (χ1v) is 7.03. The molecule has 1 N–H and O–H groups in total. The number of aromatic nitrogens is 2. The molecule has 0 unspecified atom stereocenters. The first-order valence-electron chi connectivity index (χ1n) is 6.65. The molecule has 112 valence electrons. The molecule has 0 saturated heterocycles. The number of hydrogen-bond donors (Lipinski definition) is 1. The second-order valence-electron chi connectivity index (χ2n) is 4.85. The highest BCUT2D eigenvalue weighted by Gasteiger charge is 2.23. The number of likely N-dealkylation sites (N-methyl/N-ethyl adjacent to an activating group) is 1. The standard InChI is InChI=1S/C16H14ClN3O2/c1-20-8-7-13-14(19-16(17)18-13)12(15(20)21)9-10-3-5-11(22-2)6-4-10/h3-9H,1-2H3,(H,18,19)/b12-9+. The Morgan fingerprint density at radius 1 is 1.32 bits per heavy atom.